The SMILES string of the molecule is CC(=O)N(CCC(=O)Nc1ccc(C(C)C)cc1)c1ccccc1C(C)(C)C. The van der Waals surface area contributed by atoms with E-state index in [0.29, 0.717) is 12.5 Å². The van der Waals surface area contributed by atoms with Crippen LogP contribution in [0.2, 0.25) is 0 Å². The summed E-state index contributed by atoms with van der Waals surface area (Å²) in [5, 5.41) is 2.92. The molecule has 2 aromatic rings. The third kappa shape index (κ3) is 5.69. The molecule has 0 bridgehead atoms. The van der Waals surface area contributed by atoms with Crippen molar-refractivity contribution < 1.29 is 9.59 Å². The third-order valence-electron chi connectivity index (χ3n) is 4.81. The minimum Gasteiger partial charge on any atom is -0.326 e. The number of hydrogen-bond donors (Lipinski definition) is 1. The molecular formula is C24H32N2O2. The third-order valence-corrected chi connectivity index (χ3v) is 4.81. The van der Waals surface area contributed by atoms with Crippen LogP contribution in [0, 0.1) is 0 Å². The fraction of sp³-hybridized carbons (Fsp3) is 0.417. The van der Waals surface area contributed by atoms with E-state index in [-0.39, 0.29) is 23.7 Å². The molecule has 0 aromatic heterocycles. The number of nitrogens with one attached hydrogen (secondary N) is 1. The van der Waals surface area contributed by atoms with Crippen molar-refractivity contribution in [3.8, 4) is 0 Å². The quantitative estimate of drug-likeness (QED) is 0.720. The van der Waals surface area contributed by atoms with E-state index in [1.807, 2.05) is 48.5 Å². The van der Waals surface area contributed by atoms with Crippen LogP contribution in [0.25, 0.3) is 0 Å². The molecule has 28 heavy (non-hydrogen) atoms. The van der Waals surface area contributed by atoms with Gasteiger partial charge < -0.3 is 10.2 Å². The van der Waals surface area contributed by atoms with E-state index in [1.165, 1.54) is 5.56 Å². The van der Waals surface area contributed by atoms with Crippen molar-refractivity contribution in [1.82, 2.24) is 0 Å². The predicted octanol–water partition coefficient (Wildman–Crippen LogP) is 5.49. The maximum absolute atomic E-state index is 12.4. The normalized spacial score (nSPS) is 11.4. The molecule has 0 radical (unpaired) electrons. The highest BCUT2D eigenvalue weighted by molar-refractivity contribution is 5.95. The Kier molecular flexibility index (Phi) is 7.00. The zero-order chi connectivity index (χ0) is 20.9. The van der Waals surface area contributed by atoms with Gasteiger partial charge in [-0.3, -0.25) is 9.59 Å². The standard InChI is InChI=1S/C24H32N2O2/c1-17(2)19-11-13-20(14-12-19)25-23(28)15-16-26(18(3)27)22-10-8-7-9-21(22)24(4,5)6/h7-14,17H,15-16H2,1-6H3,(H,25,28). The Hall–Kier alpha value is -2.62. The van der Waals surface area contributed by atoms with Gasteiger partial charge in [-0.25, -0.2) is 0 Å². The molecule has 0 heterocycles. The van der Waals surface area contributed by atoms with Crippen molar-refractivity contribution in [3.63, 3.8) is 0 Å². The number of hydrogen-bond acceptors (Lipinski definition) is 2. The molecule has 0 fully saturated rings. The second-order valence-electron chi connectivity index (χ2n) is 8.51. The van der Waals surface area contributed by atoms with Crippen molar-refractivity contribution in [1.29, 1.82) is 0 Å². The Bertz CT molecular complexity index is 817. The van der Waals surface area contributed by atoms with Gasteiger partial charge in [-0.1, -0.05) is 65.0 Å². The van der Waals surface area contributed by atoms with E-state index in [1.54, 1.807) is 11.8 Å². The van der Waals surface area contributed by atoms with Gasteiger partial charge in [-0.15, -0.1) is 0 Å². The molecule has 0 aliphatic carbocycles. The fourth-order valence-corrected chi connectivity index (χ4v) is 3.18. The molecule has 150 valence electrons. The van der Waals surface area contributed by atoms with Gasteiger partial charge in [0.2, 0.25) is 11.8 Å². The maximum atomic E-state index is 12.4. The van der Waals surface area contributed by atoms with Crippen LogP contribution < -0.4 is 10.2 Å². The molecule has 4 nitrogen and oxygen atoms in total. The minimum atomic E-state index is -0.100. The van der Waals surface area contributed by atoms with Crippen LogP contribution in [0.4, 0.5) is 11.4 Å². The number of amides is 2. The fourth-order valence-electron chi connectivity index (χ4n) is 3.18. The number of benzene rings is 2. The average molecular weight is 381 g/mol. The summed E-state index contributed by atoms with van der Waals surface area (Å²) in [7, 11) is 0. The zero-order valence-corrected chi connectivity index (χ0v) is 17.9. The summed E-state index contributed by atoms with van der Waals surface area (Å²) >= 11 is 0. The molecule has 2 rings (SSSR count). The number of para-hydroxylation sites is 1. The smallest absolute Gasteiger partial charge is 0.226 e. The van der Waals surface area contributed by atoms with Gasteiger partial charge in [0.05, 0.1) is 0 Å². The van der Waals surface area contributed by atoms with Crippen LogP contribution in [-0.2, 0) is 15.0 Å². The summed E-state index contributed by atoms with van der Waals surface area (Å²) in [5.41, 5.74) is 3.88. The van der Waals surface area contributed by atoms with Gasteiger partial charge in [0.25, 0.3) is 0 Å². The van der Waals surface area contributed by atoms with E-state index >= 15 is 0 Å². The maximum Gasteiger partial charge on any atom is 0.226 e. The number of rotatable bonds is 6. The molecule has 2 amide bonds. The van der Waals surface area contributed by atoms with Gasteiger partial charge in [0.15, 0.2) is 0 Å². The molecule has 0 aliphatic heterocycles. The van der Waals surface area contributed by atoms with Crippen LogP contribution in [0.3, 0.4) is 0 Å². The highest BCUT2D eigenvalue weighted by Gasteiger charge is 2.23. The van der Waals surface area contributed by atoms with Crippen LogP contribution in [-0.4, -0.2) is 18.4 Å². The van der Waals surface area contributed by atoms with E-state index in [9.17, 15) is 9.59 Å². The van der Waals surface area contributed by atoms with Crippen LogP contribution >= 0.6 is 0 Å². The van der Waals surface area contributed by atoms with E-state index in [0.717, 1.165) is 16.9 Å². The molecule has 0 atom stereocenters. The molecular weight excluding hydrogens is 348 g/mol. The Morgan fingerprint density at radius 3 is 2.14 bits per heavy atom. The number of anilines is 2. The van der Waals surface area contributed by atoms with Gasteiger partial charge in [-0.2, -0.15) is 0 Å². The topological polar surface area (TPSA) is 49.4 Å². The average Bonchev–Trinajstić information content (AvgIpc) is 2.61. The Morgan fingerprint density at radius 2 is 1.61 bits per heavy atom. The lowest BCUT2D eigenvalue weighted by Gasteiger charge is -2.29. The summed E-state index contributed by atoms with van der Waals surface area (Å²) in [4.78, 5) is 26.4. The van der Waals surface area contributed by atoms with E-state index in [4.69, 9.17) is 0 Å². The van der Waals surface area contributed by atoms with Crippen molar-refractivity contribution in [2.45, 2.75) is 59.3 Å². The lowest BCUT2D eigenvalue weighted by Crippen LogP contribution is -2.34. The van der Waals surface area contributed by atoms with Crippen molar-refractivity contribution >= 4 is 23.2 Å². The summed E-state index contributed by atoms with van der Waals surface area (Å²) in [6.45, 7) is 12.5. The van der Waals surface area contributed by atoms with Gasteiger partial charge >= 0.3 is 0 Å². The van der Waals surface area contributed by atoms with Crippen LogP contribution in [0.1, 0.15) is 65.0 Å². The second-order valence-corrected chi connectivity index (χ2v) is 8.51. The number of carbonyl (C=O) groups is 2. The summed E-state index contributed by atoms with van der Waals surface area (Å²) in [6.07, 6.45) is 0.240. The Balaban J connectivity index is 2.08. The summed E-state index contributed by atoms with van der Waals surface area (Å²) in [5.74, 6) is 0.291. The number of nitrogens with zero attached hydrogens (tertiary/aromatic N) is 1. The molecule has 4 heteroatoms. The van der Waals surface area contributed by atoms with Crippen molar-refractivity contribution in [3.05, 3.63) is 59.7 Å². The number of carbonyl (C=O) groups excluding carboxylic acids is 2. The summed E-state index contributed by atoms with van der Waals surface area (Å²) in [6, 6.07) is 15.8. The van der Waals surface area contributed by atoms with Gasteiger partial charge in [0.1, 0.15) is 0 Å². The lowest BCUT2D eigenvalue weighted by atomic mass is 9.85. The summed E-state index contributed by atoms with van der Waals surface area (Å²) < 4.78 is 0. The highest BCUT2D eigenvalue weighted by atomic mass is 16.2. The van der Waals surface area contributed by atoms with E-state index in [2.05, 4.69) is 39.9 Å². The van der Waals surface area contributed by atoms with Crippen LogP contribution in [0.5, 0.6) is 0 Å². The Morgan fingerprint density at radius 1 is 1.00 bits per heavy atom. The predicted molar refractivity (Wildman–Crippen MR) is 117 cm³/mol. The molecule has 0 aliphatic rings. The first-order chi connectivity index (χ1) is 13.1. The first kappa shape index (κ1) is 21.7. The van der Waals surface area contributed by atoms with Crippen molar-refractivity contribution in [2.75, 3.05) is 16.8 Å². The van der Waals surface area contributed by atoms with Crippen LogP contribution in [0.15, 0.2) is 48.5 Å². The van der Waals surface area contributed by atoms with Gasteiger partial charge in [-0.05, 0) is 40.7 Å². The molecule has 0 saturated heterocycles. The molecule has 0 unspecified atom stereocenters. The first-order valence-corrected chi connectivity index (χ1v) is 9.87. The minimum absolute atomic E-state index is 0.0641. The molecule has 0 spiro atoms. The second kappa shape index (κ2) is 9.05. The first-order valence-electron chi connectivity index (χ1n) is 9.87. The highest BCUT2D eigenvalue weighted by Crippen LogP contribution is 2.32. The molecule has 1 N–H and O–H groups in total. The zero-order valence-electron chi connectivity index (χ0n) is 17.9. The Labute approximate surface area is 169 Å². The molecule has 0 saturated carbocycles. The van der Waals surface area contributed by atoms with E-state index < -0.39 is 0 Å². The van der Waals surface area contributed by atoms with Gasteiger partial charge in [0, 0.05) is 31.3 Å². The molecule has 2 aromatic carbocycles. The van der Waals surface area contributed by atoms with Crippen molar-refractivity contribution in [2.24, 2.45) is 0 Å². The monoisotopic (exact) mass is 380 g/mol. The lowest BCUT2D eigenvalue weighted by molar-refractivity contribution is -0.117. The largest absolute Gasteiger partial charge is 0.326 e.